The zero-order valence-corrected chi connectivity index (χ0v) is 8.97. The molecular weight excluding hydrogens is 188 g/mol. The van der Waals surface area contributed by atoms with Crippen molar-refractivity contribution in [3.05, 3.63) is 42.1 Å². The first kappa shape index (κ1) is 9.77. The fourth-order valence-electron chi connectivity index (χ4n) is 1.45. The van der Waals surface area contributed by atoms with Gasteiger partial charge in [-0.05, 0) is 18.6 Å². The molecule has 1 heterocycles. The number of hydrogen-bond donors (Lipinski definition) is 0. The molecule has 2 rings (SSSR count). The minimum absolute atomic E-state index is 0.823. The molecule has 0 aliphatic carbocycles. The molecule has 78 valence electrons. The van der Waals surface area contributed by atoms with Crippen molar-refractivity contribution in [3.63, 3.8) is 0 Å². The summed E-state index contributed by atoms with van der Waals surface area (Å²) in [4.78, 5) is 0. The maximum Gasteiger partial charge on any atom is 0.220 e. The number of aryl methyl sites for hydroxylation is 2. The SMILES string of the molecule is CCc1cnn(C)c1Oc1ccccc1. The number of ether oxygens (including phenoxy) is 1. The molecular formula is C12H14N2O. The van der Waals surface area contributed by atoms with Crippen molar-refractivity contribution < 1.29 is 4.74 Å². The van der Waals surface area contributed by atoms with Gasteiger partial charge in [0.1, 0.15) is 5.75 Å². The number of nitrogens with zero attached hydrogens (tertiary/aromatic N) is 2. The fourth-order valence-corrected chi connectivity index (χ4v) is 1.45. The summed E-state index contributed by atoms with van der Waals surface area (Å²) in [6, 6.07) is 9.75. The molecule has 0 saturated heterocycles. The lowest BCUT2D eigenvalue weighted by molar-refractivity contribution is 0.426. The van der Waals surface area contributed by atoms with Gasteiger partial charge in [0.15, 0.2) is 0 Å². The molecule has 2 aromatic rings. The van der Waals surface area contributed by atoms with E-state index < -0.39 is 0 Å². The van der Waals surface area contributed by atoms with Crippen molar-refractivity contribution in [3.8, 4) is 11.6 Å². The van der Waals surface area contributed by atoms with Crippen molar-refractivity contribution in [2.75, 3.05) is 0 Å². The van der Waals surface area contributed by atoms with Crippen molar-refractivity contribution in [2.24, 2.45) is 7.05 Å². The van der Waals surface area contributed by atoms with Gasteiger partial charge < -0.3 is 4.74 Å². The monoisotopic (exact) mass is 202 g/mol. The van der Waals surface area contributed by atoms with E-state index in [-0.39, 0.29) is 0 Å². The first-order valence-corrected chi connectivity index (χ1v) is 5.05. The number of rotatable bonds is 3. The average Bonchev–Trinajstić information content (AvgIpc) is 2.62. The lowest BCUT2D eigenvalue weighted by atomic mass is 10.3. The first-order chi connectivity index (χ1) is 7.31. The van der Waals surface area contributed by atoms with Gasteiger partial charge in [-0.3, -0.25) is 0 Å². The van der Waals surface area contributed by atoms with Crippen LogP contribution < -0.4 is 4.74 Å². The van der Waals surface area contributed by atoms with Crippen LogP contribution in [-0.2, 0) is 13.5 Å². The van der Waals surface area contributed by atoms with E-state index in [4.69, 9.17) is 4.74 Å². The Morgan fingerprint density at radius 2 is 2.00 bits per heavy atom. The maximum absolute atomic E-state index is 5.77. The lowest BCUT2D eigenvalue weighted by Gasteiger charge is -2.07. The third-order valence-corrected chi connectivity index (χ3v) is 2.29. The summed E-state index contributed by atoms with van der Waals surface area (Å²) < 4.78 is 7.53. The summed E-state index contributed by atoms with van der Waals surface area (Å²) >= 11 is 0. The molecule has 0 amide bonds. The second-order valence-electron chi connectivity index (χ2n) is 3.37. The van der Waals surface area contributed by atoms with Crippen LogP contribution in [0.2, 0.25) is 0 Å². The molecule has 1 aromatic heterocycles. The van der Waals surface area contributed by atoms with Crippen LogP contribution in [0.15, 0.2) is 36.5 Å². The van der Waals surface area contributed by atoms with Gasteiger partial charge in [0.05, 0.1) is 6.20 Å². The molecule has 0 radical (unpaired) electrons. The van der Waals surface area contributed by atoms with Gasteiger partial charge in [0.25, 0.3) is 0 Å². The first-order valence-electron chi connectivity index (χ1n) is 5.05. The normalized spacial score (nSPS) is 10.3. The Balaban J connectivity index is 2.27. The van der Waals surface area contributed by atoms with Crippen molar-refractivity contribution in [1.82, 2.24) is 9.78 Å². The summed E-state index contributed by atoms with van der Waals surface area (Å²) in [7, 11) is 1.89. The molecule has 1 aromatic carbocycles. The van der Waals surface area contributed by atoms with E-state index >= 15 is 0 Å². The number of hydrogen-bond acceptors (Lipinski definition) is 2. The van der Waals surface area contributed by atoms with Gasteiger partial charge in [0, 0.05) is 12.6 Å². The molecule has 0 N–H and O–H groups in total. The smallest absolute Gasteiger partial charge is 0.220 e. The number of aromatic nitrogens is 2. The maximum atomic E-state index is 5.77. The second-order valence-corrected chi connectivity index (χ2v) is 3.37. The van der Waals surface area contributed by atoms with Gasteiger partial charge in [-0.2, -0.15) is 5.10 Å². The Hall–Kier alpha value is -1.77. The third kappa shape index (κ3) is 2.01. The van der Waals surface area contributed by atoms with Gasteiger partial charge in [-0.25, -0.2) is 4.68 Å². The van der Waals surface area contributed by atoms with Gasteiger partial charge in [-0.1, -0.05) is 25.1 Å². The van der Waals surface area contributed by atoms with Crippen LogP contribution in [-0.4, -0.2) is 9.78 Å². The van der Waals surface area contributed by atoms with Crippen LogP contribution >= 0.6 is 0 Å². The summed E-state index contributed by atoms with van der Waals surface area (Å²) in [6.45, 7) is 2.09. The Labute approximate surface area is 89.3 Å². The summed E-state index contributed by atoms with van der Waals surface area (Å²) in [5.41, 5.74) is 1.13. The van der Waals surface area contributed by atoms with Crippen LogP contribution in [0.4, 0.5) is 0 Å². The van der Waals surface area contributed by atoms with Crippen molar-refractivity contribution in [2.45, 2.75) is 13.3 Å². The molecule has 0 fully saturated rings. The summed E-state index contributed by atoms with van der Waals surface area (Å²) in [5.74, 6) is 1.67. The summed E-state index contributed by atoms with van der Waals surface area (Å²) in [6.07, 6.45) is 2.77. The van der Waals surface area contributed by atoms with Gasteiger partial charge >= 0.3 is 0 Å². The highest BCUT2D eigenvalue weighted by Gasteiger charge is 2.08. The molecule has 3 heteroatoms. The topological polar surface area (TPSA) is 27.1 Å². The van der Waals surface area contributed by atoms with Crippen LogP contribution in [0.25, 0.3) is 0 Å². The van der Waals surface area contributed by atoms with E-state index in [0.29, 0.717) is 0 Å². The lowest BCUT2D eigenvalue weighted by Crippen LogP contribution is -1.96. The minimum Gasteiger partial charge on any atom is -0.439 e. The molecule has 0 spiro atoms. The average molecular weight is 202 g/mol. The van der Waals surface area contributed by atoms with E-state index in [9.17, 15) is 0 Å². The van der Waals surface area contributed by atoms with E-state index in [2.05, 4.69) is 12.0 Å². The second kappa shape index (κ2) is 4.17. The zero-order valence-electron chi connectivity index (χ0n) is 8.97. The number of benzene rings is 1. The van der Waals surface area contributed by atoms with Crippen LogP contribution in [0.3, 0.4) is 0 Å². The van der Waals surface area contributed by atoms with E-state index in [1.807, 2.05) is 43.6 Å². The van der Waals surface area contributed by atoms with E-state index in [0.717, 1.165) is 23.6 Å². The molecule has 3 nitrogen and oxygen atoms in total. The summed E-state index contributed by atoms with van der Waals surface area (Å²) in [5, 5.41) is 4.18. The third-order valence-electron chi connectivity index (χ3n) is 2.29. The Morgan fingerprint density at radius 3 is 2.67 bits per heavy atom. The van der Waals surface area contributed by atoms with E-state index in [1.165, 1.54) is 0 Å². The van der Waals surface area contributed by atoms with Crippen LogP contribution in [0.5, 0.6) is 11.6 Å². The predicted molar refractivity (Wildman–Crippen MR) is 59.1 cm³/mol. The standard InChI is InChI=1S/C12H14N2O/c1-3-10-9-13-14(2)12(10)15-11-7-5-4-6-8-11/h4-9H,3H2,1-2H3. The van der Waals surface area contributed by atoms with Gasteiger partial charge in [-0.15, -0.1) is 0 Å². The molecule has 0 aliphatic heterocycles. The molecule has 0 atom stereocenters. The Kier molecular flexibility index (Phi) is 2.72. The quantitative estimate of drug-likeness (QED) is 0.765. The highest BCUT2D eigenvalue weighted by Crippen LogP contribution is 2.24. The minimum atomic E-state index is 0.823. The van der Waals surface area contributed by atoms with Crippen LogP contribution in [0, 0.1) is 0 Å². The molecule has 0 aliphatic rings. The van der Waals surface area contributed by atoms with Crippen LogP contribution in [0.1, 0.15) is 12.5 Å². The largest absolute Gasteiger partial charge is 0.439 e. The highest BCUT2D eigenvalue weighted by molar-refractivity contribution is 5.31. The fraction of sp³-hybridized carbons (Fsp3) is 0.250. The number of para-hydroxylation sites is 1. The van der Waals surface area contributed by atoms with Crippen molar-refractivity contribution >= 4 is 0 Å². The molecule has 0 unspecified atom stereocenters. The molecule has 0 saturated carbocycles. The van der Waals surface area contributed by atoms with Gasteiger partial charge in [0.2, 0.25) is 5.88 Å². The molecule has 15 heavy (non-hydrogen) atoms. The zero-order chi connectivity index (χ0) is 10.7. The van der Waals surface area contributed by atoms with Crippen molar-refractivity contribution in [1.29, 1.82) is 0 Å². The molecule has 0 bridgehead atoms. The Bertz CT molecular complexity index is 434. The van der Waals surface area contributed by atoms with E-state index in [1.54, 1.807) is 4.68 Å². The highest BCUT2D eigenvalue weighted by atomic mass is 16.5. The predicted octanol–water partition coefficient (Wildman–Crippen LogP) is 2.77. The Morgan fingerprint density at radius 1 is 1.27 bits per heavy atom.